The minimum Gasteiger partial charge on any atom is -0.494 e. The Morgan fingerprint density at radius 2 is 1.87 bits per heavy atom. The van der Waals surface area contributed by atoms with Gasteiger partial charge in [-0.25, -0.2) is 4.39 Å². The number of rotatable bonds is 6. The molecule has 0 spiro atoms. The second-order valence-corrected chi connectivity index (χ2v) is 7.06. The number of likely N-dealkylation sites (tertiary alicyclic amines) is 1. The topological polar surface area (TPSA) is 29.5 Å². The lowest BCUT2D eigenvalue weighted by Crippen LogP contribution is -2.45. The summed E-state index contributed by atoms with van der Waals surface area (Å²) in [6, 6.07) is 6.14. The van der Waals surface area contributed by atoms with E-state index < -0.39 is 0 Å². The number of nitrogens with zero attached hydrogens (tertiary/aromatic N) is 1. The van der Waals surface area contributed by atoms with E-state index in [2.05, 4.69) is 6.92 Å². The summed E-state index contributed by atoms with van der Waals surface area (Å²) in [4.78, 5) is 14.5. The van der Waals surface area contributed by atoms with Crippen molar-refractivity contribution in [1.82, 2.24) is 4.90 Å². The Kier molecular flexibility index (Phi) is 6.03. The molecule has 4 heteroatoms. The molecule has 1 aliphatic rings. The van der Waals surface area contributed by atoms with Crippen LogP contribution in [0.2, 0.25) is 0 Å². The third kappa shape index (κ3) is 4.95. The van der Waals surface area contributed by atoms with E-state index in [1.807, 2.05) is 18.7 Å². The molecule has 1 heterocycles. The predicted octanol–water partition coefficient (Wildman–Crippen LogP) is 4.27. The first-order valence-electron chi connectivity index (χ1n) is 8.60. The minimum atomic E-state index is -0.251. The van der Waals surface area contributed by atoms with E-state index in [0.717, 1.165) is 38.8 Å². The number of benzene rings is 1. The molecule has 0 N–H and O–H groups in total. The van der Waals surface area contributed by atoms with E-state index in [-0.39, 0.29) is 17.1 Å². The van der Waals surface area contributed by atoms with Gasteiger partial charge in [-0.15, -0.1) is 0 Å². The number of hydrogen-bond acceptors (Lipinski definition) is 2. The quantitative estimate of drug-likeness (QED) is 0.783. The van der Waals surface area contributed by atoms with Gasteiger partial charge >= 0.3 is 0 Å². The van der Waals surface area contributed by atoms with Crippen molar-refractivity contribution < 1.29 is 13.9 Å². The van der Waals surface area contributed by atoms with Crippen LogP contribution in [-0.2, 0) is 4.79 Å². The smallest absolute Gasteiger partial charge is 0.228 e. The number of carbonyl (C=O) groups excluding carboxylic acids is 1. The fourth-order valence-electron chi connectivity index (χ4n) is 2.88. The van der Waals surface area contributed by atoms with E-state index in [4.69, 9.17) is 4.74 Å². The summed E-state index contributed by atoms with van der Waals surface area (Å²) in [6.07, 6.45) is 3.93. The number of halogens is 1. The molecule has 3 nitrogen and oxygen atoms in total. The van der Waals surface area contributed by atoms with Crippen LogP contribution in [0.15, 0.2) is 24.3 Å². The summed E-state index contributed by atoms with van der Waals surface area (Å²) in [7, 11) is 0. The number of piperidine rings is 1. The highest BCUT2D eigenvalue weighted by Gasteiger charge is 2.32. The zero-order valence-corrected chi connectivity index (χ0v) is 14.5. The molecule has 2 rings (SSSR count). The van der Waals surface area contributed by atoms with Crippen molar-refractivity contribution in [3.05, 3.63) is 30.1 Å². The van der Waals surface area contributed by atoms with Crippen molar-refractivity contribution in [3.63, 3.8) is 0 Å². The first-order valence-corrected chi connectivity index (χ1v) is 8.60. The Hall–Kier alpha value is -1.58. The van der Waals surface area contributed by atoms with Crippen LogP contribution in [0.25, 0.3) is 0 Å². The molecular formula is C19H28FNO2. The summed E-state index contributed by atoms with van der Waals surface area (Å²) in [5.41, 5.74) is -0.251. The zero-order valence-electron chi connectivity index (χ0n) is 14.5. The Labute approximate surface area is 138 Å². The summed E-state index contributed by atoms with van der Waals surface area (Å²) < 4.78 is 18.5. The van der Waals surface area contributed by atoms with Gasteiger partial charge in [0.2, 0.25) is 5.91 Å². The van der Waals surface area contributed by atoms with Gasteiger partial charge in [-0.2, -0.15) is 0 Å². The van der Waals surface area contributed by atoms with Crippen LogP contribution < -0.4 is 4.74 Å². The van der Waals surface area contributed by atoms with Gasteiger partial charge in [-0.1, -0.05) is 20.8 Å². The molecule has 0 bridgehead atoms. The lowest BCUT2D eigenvalue weighted by atomic mass is 9.86. The van der Waals surface area contributed by atoms with E-state index in [1.54, 1.807) is 12.1 Å². The molecule has 128 valence electrons. The first kappa shape index (κ1) is 17.8. The third-order valence-corrected chi connectivity index (χ3v) is 4.97. The average Bonchev–Trinajstić information content (AvgIpc) is 2.56. The predicted molar refractivity (Wildman–Crippen MR) is 89.9 cm³/mol. The molecule has 0 atom stereocenters. The van der Waals surface area contributed by atoms with Gasteiger partial charge in [0.15, 0.2) is 0 Å². The molecule has 1 aromatic rings. The highest BCUT2D eigenvalue weighted by Crippen LogP contribution is 2.27. The van der Waals surface area contributed by atoms with Crippen LogP contribution in [0.4, 0.5) is 4.39 Å². The van der Waals surface area contributed by atoms with E-state index in [9.17, 15) is 9.18 Å². The van der Waals surface area contributed by atoms with Crippen LogP contribution >= 0.6 is 0 Å². The fraction of sp³-hybridized carbons (Fsp3) is 0.632. The SMILES string of the molecule is CCC(C)(C)C(=O)N1CCC(CCOc2ccc(F)cc2)CC1. The second kappa shape index (κ2) is 7.80. The molecular weight excluding hydrogens is 293 g/mol. The van der Waals surface area contributed by atoms with Gasteiger partial charge in [0.1, 0.15) is 11.6 Å². The van der Waals surface area contributed by atoms with Crippen LogP contribution in [0.3, 0.4) is 0 Å². The molecule has 0 unspecified atom stereocenters. The number of amides is 1. The lowest BCUT2D eigenvalue weighted by Gasteiger charge is -2.36. The fourth-order valence-corrected chi connectivity index (χ4v) is 2.88. The van der Waals surface area contributed by atoms with Crippen molar-refractivity contribution in [3.8, 4) is 5.75 Å². The summed E-state index contributed by atoms with van der Waals surface area (Å²) in [6.45, 7) is 8.46. The highest BCUT2D eigenvalue weighted by atomic mass is 19.1. The number of ether oxygens (including phenoxy) is 1. The standard InChI is InChI=1S/C19H28FNO2/c1-4-19(2,3)18(22)21-12-9-15(10-13-21)11-14-23-17-7-5-16(20)6-8-17/h5-8,15H,4,9-14H2,1-3H3. The maximum Gasteiger partial charge on any atom is 0.228 e. The Morgan fingerprint density at radius 3 is 2.43 bits per heavy atom. The number of carbonyl (C=O) groups is 1. The molecule has 0 saturated carbocycles. The van der Waals surface area contributed by atoms with Crippen molar-refractivity contribution in [2.45, 2.75) is 46.5 Å². The van der Waals surface area contributed by atoms with Crippen molar-refractivity contribution in [2.24, 2.45) is 11.3 Å². The maximum atomic E-state index is 12.8. The molecule has 1 saturated heterocycles. The zero-order chi connectivity index (χ0) is 16.9. The molecule has 0 aromatic heterocycles. The normalized spacial score (nSPS) is 16.4. The van der Waals surface area contributed by atoms with Crippen LogP contribution in [0, 0.1) is 17.2 Å². The van der Waals surface area contributed by atoms with Gasteiger partial charge < -0.3 is 9.64 Å². The van der Waals surface area contributed by atoms with Crippen molar-refractivity contribution in [2.75, 3.05) is 19.7 Å². The Morgan fingerprint density at radius 1 is 1.26 bits per heavy atom. The van der Waals surface area contributed by atoms with Crippen LogP contribution in [0.1, 0.15) is 46.5 Å². The Bertz CT molecular complexity index is 505. The summed E-state index contributed by atoms with van der Waals surface area (Å²) in [5.74, 6) is 1.35. The number of hydrogen-bond donors (Lipinski definition) is 0. The molecule has 1 aliphatic heterocycles. The molecule has 1 aromatic carbocycles. The van der Waals surface area contributed by atoms with E-state index >= 15 is 0 Å². The third-order valence-electron chi connectivity index (χ3n) is 4.97. The largest absolute Gasteiger partial charge is 0.494 e. The summed E-state index contributed by atoms with van der Waals surface area (Å²) in [5, 5.41) is 0. The van der Waals surface area contributed by atoms with E-state index in [1.165, 1.54) is 12.1 Å². The second-order valence-electron chi connectivity index (χ2n) is 7.06. The van der Waals surface area contributed by atoms with Gasteiger partial charge in [-0.3, -0.25) is 4.79 Å². The van der Waals surface area contributed by atoms with Crippen molar-refractivity contribution >= 4 is 5.91 Å². The maximum absolute atomic E-state index is 12.8. The van der Waals surface area contributed by atoms with Gasteiger partial charge in [0, 0.05) is 18.5 Å². The van der Waals surface area contributed by atoms with Gasteiger partial charge in [0.25, 0.3) is 0 Å². The van der Waals surface area contributed by atoms with Gasteiger partial charge in [-0.05, 0) is 55.9 Å². The highest BCUT2D eigenvalue weighted by molar-refractivity contribution is 5.81. The van der Waals surface area contributed by atoms with Crippen LogP contribution in [0.5, 0.6) is 5.75 Å². The average molecular weight is 321 g/mol. The van der Waals surface area contributed by atoms with E-state index in [0.29, 0.717) is 18.3 Å². The van der Waals surface area contributed by atoms with Gasteiger partial charge in [0.05, 0.1) is 6.61 Å². The molecule has 0 radical (unpaired) electrons. The van der Waals surface area contributed by atoms with Crippen molar-refractivity contribution in [1.29, 1.82) is 0 Å². The first-order chi connectivity index (χ1) is 10.9. The Balaban J connectivity index is 1.70. The molecule has 0 aliphatic carbocycles. The molecule has 1 fully saturated rings. The van der Waals surface area contributed by atoms with Crippen LogP contribution in [-0.4, -0.2) is 30.5 Å². The minimum absolute atomic E-state index is 0.246. The lowest BCUT2D eigenvalue weighted by molar-refractivity contribution is -0.142. The monoisotopic (exact) mass is 321 g/mol. The molecule has 23 heavy (non-hydrogen) atoms. The molecule has 1 amide bonds. The summed E-state index contributed by atoms with van der Waals surface area (Å²) >= 11 is 0.